The summed E-state index contributed by atoms with van der Waals surface area (Å²) in [4.78, 5) is 5.97. The molecule has 0 aliphatic carbocycles. The average Bonchev–Trinajstić information content (AvgIpc) is 2.50. The summed E-state index contributed by atoms with van der Waals surface area (Å²) in [7, 11) is 0. The van der Waals surface area contributed by atoms with Crippen LogP contribution in [0.5, 0.6) is 0 Å². The first-order chi connectivity index (χ1) is 10.3. The zero-order valence-corrected chi connectivity index (χ0v) is 13.9. The first kappa shape index (κ1) is 17.1. The van der Waals surface area contributed by atoms with Crippen molar-refractivity contribution in [3.63, 3.8) is 0 Å². The van der Waals surface area contributed by atoms with Crippen LogP contribution >= 0.6 is 11.6 Å². The Morgan fingerprint density at radius 1 is 1.05 bits per heavy atom. The molecule has 0 saturated carbocycles. The largest absolute Gasteiger partial charge is 1.00 e. The third-order valence-corrected chi connectivity index (χ3v) is 4.27. The molecule has 118 valence electrons. The Labute approximate surface area is 143 Å². The van der Waals surface area contributed by atoms with Gasteiger partial charge in [0, 0.05) is 24.4 Å². The molecule has 0 radical (unpaired) electrons. The minimum absolute atomic E-state index is 0. The van der Waals surface area contributed by atoms with E-state index in [4.69, 9.17) is 11.6 Å². The van der Waals surface area contributed by atoms with Crippen LogP contribution in [0.25, 0.3) is 0 Å². The van der Waals surface area contributed by atoms with E-state index < -0.39 is 0 Å². The minimum atomic E-state index is 0. The van der Waals surface area contributed by atoms with Gasteiger partial charge < -0.3 is 22.6 Å². The van der Waals surface area contributed by atoms with E-state index in [1.807, 2.05) is 12.1 Å². The topological polar surface area (TPSA) is 29.4 Å². The van der Waals surface area contributed by atoms with Crippen molar-refractivity contribution in [1.29, 1.82) is 0 Å². The summed E-state index contributed by atoms with van der Waals surface area (Å²) in [5.74, 6) is 0.888. The zero-order chi connectivity index (χ0) is 14.5. The molecule has 1 aromatic carbocycles. The number of quaternary nitrogens is 1. The number of anilines is 1. The summed E-state index contributed by atoms with van der Waals surface area (Å²) >= 11 is 5.92. The molecule has 1 aromatic heterocycles. The highest BCUT2D eigenvalue weighted by Gasteiger charge is 2.22. The van der Waals surface area contributed by atoms with Gasteiger partial charge in [0.15, 0.2) is 0 Å². The van der Waals surface area contributed by atoms with Crippen molar-refractivity contribution in [2.45, 2.75) is 25.4 Å². The van der Waals surface area contributed by atoms with Crippen molar-refractivity contribution in [2.75, 3.05) is 18.4 Å². The van der Waals surface area contributed by atoms with Crippen LogP contribution in [0.1, 0.15) is 18.4 Å². The second-order valence-corrected chi connectivity index (χ2v) is 6.06. The van der Waals surface area contributed by atoms with Gasteiger partial charge >= 0.3 is 0 Å². The molecule has 0 spiro atoms. The Bertz CT molecular complexity index is 569. The summed E-state index contributed by atoms with van der Waals surface area (Å²) in [5.41, 5.74) is 1.43. The molecule has 3 rings (SSSR count). The minimum Gasteiger partial charge on any atom is -1.00 e. The van der Waals surface area contributed by atoms with Crippen molar-refractivity contribution in [2.24, 2.45) is 0 Å². The first-order valence-corrected chi connectivity index (χ1v) is 7.94. The molecule has 1 fully saturated rings. The Hall–Kier alpha value is -1.29. The third kappa shape index (κ3) is 4.87. The van der Waals surface area contributed by atoms with Gasteiger partial charge in [0.1, 0.15) is 17.5 Å². The quantitative estimate of drug-likeness (QED) is 0.729. The smallest absolute Gasteiger partial charge is 0.131 e. The van der Waals surface area contributed by atoms with Crippen LogP contribution in [0, 0.1) is 0 Å². The predicted molar refractivity (Wildman–Crippen MR) is 86.7 cm³/mol. The van der Waals surface area contributed by atoms with Crippen molar-refractivity contribution in [3.05, 3.63) is 59.2 Å². The number of pyridine rings is 1. The second-order valence-electron chi connectivity index (χ2n) is 5.68. The summed E-state index contributed by atoms with van der Waals surface area (Å²) in [6.45, 7) is 3.53. The van der Waals surface area contributed by atoms with Crippen LogP contribution < -0.4 is 22.6 Å². The lowest BCUT2D eigenvalue weighted by Crippen LogP contribution is -3.12. The van der Waals surface area contributed by atoms with Crippen LogP contribution in [-0.2, 0) is 6.54 Å². The highest BCUT2D eigenvalue weighted by molar-refractivity contribution is 6.29. The molecule has 0 bridgehead atoms. The van der Waals surface area contributed by atoms with Gasteiger partial charge in [0.2, 0.25) is 0 Å². The Morgan fingerprint density at radius 3 is 2.45 bits per heavy atom. The van der Waals surface area contributed by atoms with Gasteiger partial charge in [0.05, 0.1) is 13.1 Å². The molecule has 1 saturated heterocycles. The molecule has 1 aliphatic rings. The standard InChI is InChI=1S/C17H20ClN3.ClH/c18-16-7-4-8-17(20-16)19-15-9-11-21(12-10-15)13-14-5-2-1-3-6-14;/h1-8,15H,9-13H2,(H,19,20);1H. The van der Waals surface area contributed by atoms with Crippen molar-refractivity contribution in [1.82, 2.24) is 4.98 Å². The van der Waals surface area contributed by atoms with E-state index in [-0.39, 0.29) is 12.4 Å². The fourth-order valence-electron chi connectivity index (χ4n) is 2.93. The fraction of sp³-hybridized carbons (Fsp3) is 0.353. The van der Waals surface area contributed by atoms with E-state index in [2.05, 4.69) is 40.6 Å². The predicted octanol–water partition coefficient (Wildman–Crippen LogP) is -0.602. The molecular weight excluding hydrogens is 317 g/mol. The molecule has 2 aromatic rings. The average molecular weight is 338 g/mol. The number of rotatable bonds is 4. The van der Waals surface area contributed by atoms with Gasteiger partial charge in [0.25, 0.3) is 0 Å². The Balaban J connectivity index is 0.00000176. The number of piperidine rings is 1. The normalized spacial score (nSPS) is 21.0. The maximum Gasteiger partial charge on any atom is 0.131 e. The van der Waals surface area contributed by atoms with Crippen LogP contribution in [0.3, 0.4) is 0 Å². The Morgan fingerprint density at radius 2 is 1.77 bits per heavy atom. The number of hydrogen-bond donors (Lipinski definition) is 2. The van der Waals surface area contributed by atoms with E-state index in [9.17, 15) is 0 Å². The highest BCUT2D eigenvalue weighted by atomic mass is 35.5. The highest BCUT2D eigenvalue weighted by Crippen LogP contribution is 2.13. The van der Waals surface area contributed by atoms with Gasteiger partial charge in [-0.1, -0.05) is 48.0 Å². The van der Waals surface area contributed by atoms with Crippen LogP contribution in [0.4, 0.5) is 5.82 Å². The molecule has 2 N–H and O–H groups in total. The number of nitrogens with one attached hydrogen (secondary N) is 2. The van der Waals surface area contributed by atoms with E-state index in [0.29, 0.717) is 11.2 Å². The monoisotopic (exact) mass is 337 g/mol. The lowest BCUT2D eigenvalue weighted by Gasteiger charge is -2.30. The number of aromatic nitrogens is 1. The summed E-state index contributed by atoms with van der Waals surface area (Å²) in [5, 5.41) is 4.05. The van der Waals surface area contributed by atoms with Crippen LogP contribution in [0.15, 0.2) is 48.5 Å². The molecule has 22 heavy (non-hydrogen) atoms. The molecule has 3 nitrogen and oxygen atoms in total. The third-order valence-electron chi connectivity index (χ3n) is 4.06. The Kier molecular flexibility index (Phi) is 6.49. The van der Waals surface area contributed by atoms with Crippen molar-refractivity contribution < 1.29 is 17.3 Å². The SMILES string of the molecule is Clc1cccc(NC2CC[NH+](Cc3ccccc3)CC2)n1.[Cl-]. The van der Waals surface area contributed by atoms with E-state index in [1.165, 1.54) is 31.5 Å². The summed E-state index contributed by atoms with van der Waals surface area (Å²) in [6, 6.07) is 17.0. The van der Waals surface area contributed by atoms with Crippen molar-refractivity contribution >= 4 is 17.4 Å². The van der Waals surface area contributed by atoms with Gasteiger partial charge in [-0.05, 0) is 12.1 Å². The second kappa shape index (κ2) is 8.37. The molecule has 2 heterocycles. The summed E-state index contributed by atoms with van der Waals surface area (Å²) in [6.07, 6.45) is 2.35. The number of hydrogen-bond acceptors (Lipinski definition) is 2. The number of halogens is 2. The number of benzene rings is 1. The maximum absolute atomic E-state index is 5.92. The summed E-state index contributed by atoms with van der Waals surface area (Å²) < 4.78 is 0. The van der Waals surface area contributed by atoms with Gasteiger partial charge in [-0.25, -0.2) is 4.98 Å². The lowest BCUT2D eigenvalue weighted by atomic mass is 10.0. The molecule has 5 heteroatoms. The first-order valence-electron chi connectivity index (χ1n) is 7.56. The lowest BCUT2D eigenvalue weighted by molar-refractivity contribution is -0.918. The molecule has 0 amide bonds. The van der Waals surface area contributed by atoms with Gasteiger partial charge in [-0.15, -0.1) is 0 Å². The molecule has 1 aliphatic heterocycles. The fourth-order valence-corrected chi connectivity index (χ4v) is 3.09. The van der Waals surface area contributed by atoms with Crippen molar-refractivity contribution in [3.8, 4) is 0 Å². The maximum atomic E-state index is 5.92. The van der Waals surface area contributed by atoms with Crippen LogP contribution in [0.2, 0.25) is 5.15 Å². The zero-order valence-electron chi connectivity index (χ0n) is 12.4. The van der Waals surface area contributed by atoms with Crippen LogP contribution in [-0.4, -0.2) is 24.1 Å². The van der Waals surface area contributed by atoms with Gasteiger partial charge in [-0.2, -0.15) is 0 Å². The molecule has 0 atom stereocenters. The molecule has 0 unspecified atom stereocenters. The van der Waals surface area contributed by atoms with E-state index in [0.717, 1.165) is 12.4 Å². The van der Waals surface area contributed by atoms with Gasteiger partial charge in [-0.3, -0.25) is 0 Å². The number of nitrogens with zero attached hydrogens (tertiary/aromatic N) is 1. The molecular formula is C17H21Cl2N3. The number of likely N-dealkylation sites (tertiary alicyclic amines) is 1. The van der Waals surface area contributed by atoms with E-state index >= 15 is 0 Å². The van der Waals surface area contributed by atoms with E-state index in [1.54, 1.807) is 11.0 Å².